The van der Waals surface area contributed by atoms with E-state index >= 15 is 0 Å². The number of methoxy groups -OCH3 is 1. The van der Waals surface area contributed by atoms with E-state index in [4.69, 9.17) is 14.5 Å². The van der Waals surface area contributed by atoms with Crippen LogP contribution in [0, 0.1) is 0 Å². The summed E-state index contributed by atoms with van der Waals surface area (Å²) in [6, 6.07) is 13.6. The van der Waals surface area contributed by atoms with Crippen LogP contribution in [0.2, 0.25) is 0 Å². The molecule has 1 unspecified atom stereocenters. The molecular formula is C23H24N6O3. The van der Waals surface area contributed by atoms with E-state index in [1.807, 2.05) is 36.4 Å². The zero-order chi connectivity index (χ0) is 21.9. The van der Waals surface area contributed by atoms with Crippen LogP contribution in [-0.4, -0.2) is 53.7 Å². The first kappa shape index (κ1) is 20.0. The Labute approximate surface area is 186 Å². The molecule has 1 saturated heterocycles. The van der Waals surface area contributed by atoms with Crippen molar-refractivity contribution < 1.29 is 14.3 Å². The number of ether oxygens (including phenoxy) is 2. The second-order valence-corrected chi connectivity index (χ2v) is 7.65. The van der Waals surface area contributed by atoms with Crippen molar-refractivity contribution in [3.63, 3.8) is 0 Å². The van der Waals surface area contributed by atoms with Crippen molar-refractivity contribution in [1.29, 1.82) is 0 Å². The zero-order valence-electron chi connectivity index (χ0n) is 17.8. The van der Waals surface area contributed by atoms with Crippen molar-refractivity contribution in [2.45, 2.75) is 18.9 Å². The van der Waals surface area contributed by atoms with Crippen LogP contribution in [-0.2, 0) is 4.79 Å². The van der Waals surface area contributed by atoms with Gasteiger partial charge in [-0.05, 0) is 24.6 Å². The minimum atomic E-state index is -0.0461. The van der Waals surface area contributed by atoms with Crippen LogP contribution in [0.1, 0.15) is 12.8 Å². The Kier molecular flexibility index (Phi) is 5.45. The summed E-state index contributed by atoms with van der Waals surface area (Å²) in [6.45, 7) is 1.87. The first-order valence-electron chi connectivity index (χ1n) is 10.6. The molecule has 1 amide bonds. The summed E-state index contributed by atoms with van der Waals surface area (Å²) in [5.74, 6) is 2.40. The third kappa shape index (κ3) is 4.01. The average molecular weight is 432 g/mol. The summed E-state index contributed by atoms with van der Waals surface area (Å²) in [5, 5.41) is 3.34. The van der Waals surface area contributed by atoms with Gasteiger partial charge in [0.2, 0.25) is 17.7 Å². The fourth-order valence-electron chi connectivity index (χ4n) is 4.03. The van der Waals surface area contributed by atoms with E-state index in [2.05, 4.69) is 20.2 Å². The molecule has 3 aromatic rings. The minimum Gasteiger partial charge on any atom is -0.486 e. The summed E-state index contributed by atoms with van der Waals surface area (Å²) in [6.07, 6.45) is 4.47. The number of rotatable bonds is 5. The van der Waals surface area contributed by atoms with Crippen LogP contribution in [0.25, 0.3) is 0 Å². The molecule has 1 fully saturated rings. The van der Waals surface area contributed by atoms with E-state index in [0.29, 0.717) is 43.7 Å². The van der Waals surface area contributed by atoms with Gasteiger partial charge in [0.15, 0.2) is 11.6 Å². The molecule has 0 radical (unpaired) electrons. The fourth-order valence-corrected chi connectivity index (χ4v) is 4.03. The Morgan fingerprint density at radius 3 is 2.78 bits per heavy atom. The number of pyridine rings is 1. The molecule has 9 nitrogen and oxygen atoms in total. The first-order valence-corrected chi connectivity index (χ1v) is 10.6. The summed E-state index contributed by atoms with van der Waals surface area (Å²) in [5.41, 5.74) is 1.85. The Morgan fingerprint density at radius 1 is 1.09 bits per heavy atom. The lowest BCUT2D eigenvalue weighted by molar-refractivity contribution is -0.119. The normalized spacial score (nSPS) is 18.0. The van der Waals surface area contributed by atoms with Crippen LogP contribution in [0.5, 0.6) is 11.6 Å². The fraction of sp³-hybridized carbons (Fsp3) is 0.304. The SMILES string of the molecule is COc1cc(N2CCC(Nc3ncc4c(n3)N(c3ccccc3)CCO4)CC2=O)ccn1. The monoisotopic (exact) mass is 432 g/mol. The highest BCUT2D eigenvalue weighted by molar-refractivity contribution is 5.94. The van der Waals surface area contributed by atoms with Gasteiger partial charge in [-0.1, -0.05) is 18.2 Å². The van der Waals surface area contributed by atoms with Crippen LogP contribution in [0.3, 0.4) is 0 Å². The standard InChI is InChI=1S/C23H24N6O3/c1-31-20-14-18(7-9-24-20)28-10-8-16(13-21(28)30)26-23-25-15-19-22(27-23)29(11-12-32-19)17-5-3-2-4-6-17/h2-7,9,14-16H,8,10-13H2,1H3,(H,25,26,27). The number of para-hydroxylation sites is 1. The highest BCUT2D eigenvalue weighted by Gasteiger charge is 2.28. The minimum absolute atomic E-state index is 0.0363. The molecular weight excluding hydrogens is 408 g/mol. The lowest BCUT2D eigenvalue weighted by Gasteiger charge is -2.33. The number of benzene rings is 1. The smallest absolute Gasteiger partial charge is 0.229 e. The summed E-state index contributed by atoms with van der Waals surface area (Å²) >= 11 is 0. The third-order valence-corrected chi connectivity index (χ3v) is 5.63. The largest absolute Gasteiger partial charge is 0.486 e. The zero-order valence-corrected chi connectivity index (χ0v) is 17.8. The van der Waals surface area contributed by atoms with Crippen molar-refractivity contribution in [3.8, 4) is 11.6 Å². The van der Waals surface area contributed by atoms with Crippen LogP contribution in [0.4, 0.5) is 23.1 Å². The van der Waals surface area contributed by atoms with Crippen LogP contribution in [0.15, 0.2) is 54.9 Å². The number of hydrogen-bond acceptors (Lipinski definition) is 8. The van der Waals surface area contributed by atoms with E-state index in [0.717, 1.165) is 23.6 Å². The van der Waals surface area contributed by atoms with Crippen molar-refractivity contribution >= 4 is 29.0 Å². The van der Waals surface area contributed by atoms with E-state index in [9.17, 15) is 4.79 Å². The van der Waals surface area contributed by atoms with Gasteiger partial charge in [0, 0.05) is 37.0 Å². The number of carbonyl (C=O) groups excluding carboxylic acids is 1. The lowest BCUT2D eigenvalue weighted by atomic mass is 10.0. The maximum absolute atomic E-state index is 12.8. The Balaban J connectivity index is 1.30. The third-order valence-electron chi connectivity index (χ3n) is 5.63. The predicted molar refractivity (Wildman–Crippen MR) is 121 cm³/mol. The molecule has 2 aliphatic rings. The first-order chi connectivity index (χ1) is 15.7. The number of anilines is 4. The maximum Gasteiger partial charge on any atom is 0.229 e. The Bertz CT molecular complexity index is 1110. The second-order valence-electron chi connectivity index (χ2n) is 7.65. The molecule has 32 heavy (non-hydrogen) atoms. The molecule has 5 rings (SSSR count). The summed E-state index contributed by atoms with van der Waals surface area (Å²) < 4.78 is 10.9. The van der Waals surface area contributed by atoms with Gasteiger partial charge in [0.05, 0.1) is 25.5 Å². The van der Waals surface area contributed by atoms with Gasteiger partial charge in [0.1, 0.15) is 6.61 Å². The molecule has 1 N–H and O–H groups in total. The molecule has 0 aliphatic carbocycles. The number of nitrogens with one attached hydrogen (secondary N) is 1. The van der Waals surface area contributed by atoms with Crippen molar-refractivity contribution in [2.24, 2.45) is 0 Å². The molecule has 1 atom stereocenters. The molecule has 0 bridgehead atoms. The van der Waals surface area contributed by atoms with Gasteiger partial charge in [-0.15, -0.1) is 0 Å². The van der Waals surface area contributed by atoms with Crippen LogP contribution < -0.4 is 24.6 Å². The van der Waals surface area contributed by atoms with Gasteiger partial charge in [0.25, 0.3) is 0 Å². The second kappa shape index (κ2) is 8.70. The number of amides is 1. The summed E-state index contributed by atoms with van der Waals surface area (Å²) in [4.78, 5) is 29.9. The number of piperidine rings is 1. The van der Waals surface area contributed by atoms with E-state index in [1.165, 1.54) is 0 Å². The highest BCUT2D eigenvalue weighted by atomic mass is 16.5. The average Bonchev–Trinajstić information content (AvgIpc) is 2.84. The van der Waals surface area contributed by atoms with E-state index in [1.54, 1.807) is 30.5 Å². The van der Waals surface area contributed by atoms with E-state index < -0.39 is 0 Å². The number of aromatic nitrogens is 3. The maximum atomic E-state index is 12.8. The number of fused-ring (bicyclic) bond motifs is 1. The Hall–Kier alpha value is -3.88. The molecule has 2 aliphatic heterocycles. The lowest BCUT2D eigenvalue weighted by Crippen LogP contribution is -2.43. The van der Waals surface area contributed by atoms with Gasteiger partial charge in [-0.3, -0.25) is 4.79 Å². The molecule has 164 valence electrons. The number of nitrogens with zero attached hydrogens (tertiary/aromatic N) is 5. The molecule has 1 aromatic carbocycles. The molecule has 4 heterocycles. The molecule has 2 aromatic heterocycles. The van der Waals surface area contributed by atoms with Crippen molar-refractivity contribution in [3.05, 3.63) is 54.9 Å². The van der Waals surface area contributed by atoms with Crippen molar-refractivity contribution in [1.82, 2.24) is 15.0 Å². The molecule has 0 spiro atoms. The highest BCUT2D eigenvalue weighted by Crippen LogP contribution is 2.35. The molecule has 0 saturated carbocycles. The van der Waals surface area contributed by atoms with Gasteiger partial charge >= 0.3 is 0 Å². The molecule has 9 heteroatoms. The topological polar surface area (TPSA) is 92.7 Å². The summed E-state index contributed by atoms with van der Waals surface area (Å²) in [7, 11) is 1.56. The van der Waals surface area contributed by atoms with Crippen molar-refractivity contribution in [2.75, 3.05) is 41.9 Å². The van der Waals surface area contributed by atoms with Gasteiger partial charge in [-0.25, -0.2) is 9.97 Å². The van der Waals surface area contributed by atoms with Crippen LogP contribution >= 0.6 is 0 Å². The van der Waals surface area contributed by atoms with Gasteiger partial charge < -0.3 is 24.6 Å². The van der Waals surface area contributed by atoms with Gasteiger partial charge in [-0.2, -0.15) is 4.98 Å². The Morgan fingerprint density at radius 2 is 1.97 bits per heavy atom. The number of carbonyl (C=O) groups is 1. The number of hydrogen-bond donors (Lipinski definition) is 1. The van der Waals surface area contributed by atoms with E-state index in [-0.39, 0.29) is 11.9 Å². The quantitative estimate of drug-likeness (QED) is 0.658. The predicted octanol–water partition coefficient (Wildman–Crippen LogP) is 3.02.